The van der Waals surface area contributed by atoms with Gasteiger partial charge in [-0.1, -0.05) is 12.2 Å². The molecule has 2 amide bonds. The molecule has 0 aliphatic carbocycles. The number of rotatable bonds is 2. The molecule has 0 aromatic heterocycles. The molecule has 1 saturated heterocycles. The van der Waals surface area contributed by atoms with Crippen molar-refractivity contribution in [3.8, 4) is 0 Å². The number of hydrogen-bond donors (Lipinski definition) is 0. The lowest BCUT2D eigenvalue weighted by atomic mass is 9.95. The number of nitrogens with zero attached hydrogens (tertiary/aromatic N) is 1. The number of carbonyl (C=O) groups is 2. The highest BCUT2D eigenvalue weighted by Crippen LogP contribution is 2.26. The maximum absolute atomic E-state index is 11.3. The van der Waals surface area contributed by atoms with Crippen LogP contribution < -0.4 is 0 Å². The average molecular weight is 165 g/mol. The van der Waals surface area contributed by atoms with E-state index < -0.39 is 11.8 Å². The van der Waals surface area contributed by atoms with E-state index in [1.807, 2.05) is 0 Å². The quantitative estimate of drug-likeness (QED) is 0.443. The highest BCUT2D eigenvalue weighted by molar-refractivity contribution is 6.06. The average Bonchev–Trinajstić information content (AvgIpc) is 2.29. The summed E-state index contributed by atoms with van der Waals surface area (Å²) in [6, 6.07) is 0. The molecule has 0 spiro atoms. The van der Waals surface area contributed by atoms with E-state index in [0.717, 1.165) is 4.90 Å². The van der Waals surface area contributed by atoms with Gasteiger partial charge in [0.2, 0.25) is 11.8 Å². The molecule has 1 heterocycles. The topological polar surface area (TPSA) is 37.4 Å². The van der Waals surface area contributed by atoms with Crippen molar-refractivity contribution < 1.29 is 9.59 Å². The summed E-state index contributed by atoms with van der Waals surface area (Å²) in [5.41, 5.74) is 0. The minimum Gasteiger partial charge on any atom is -0.285 e. The molecule has 0 aromatic carbocycles. The van der Waals surface area contributed by atoms with Crippen LogP contribution in [0.2, 0.25) is 0 Å². The van der Waals surface area contributed by atoms with Gasteiger partial charge in [0, 0.05) is 7.05 Å². The standard InChI is InChI=1S/C9H11NO2/c1-4-6-7(5-2)9(12)10(3)8(6)11/h4-7H,1-2H2,3H3/t6-,7+. The van der Waals surface area contributed by atoms with Gasteiger partial charge < -0.3 is 0 Å². The lowest BCUT2D eigenvalue weighted by molar-refractivity contribution is -0.137. The van der Waals surface area contributed by atoms with E-state index in [4.69, 9.17) is 0 Å². The first-order valence-electron chi connectivity index (χ1n) is 3.70. The van der Waals surface area contributed by atoms with E-state index in [1.165, 1.54) is 19.2 Å². The molecule has 3 nitrogen and oxygen atoms in total. The third-order valence-electron chi connectivity index (χ3n) is 2.13. The molecule has 12 heavy (non-hydrogen) atoms. The third kappa shape index (κ3) is 0.978. The molecule has 0 bridgehead atoms. The summed E-state index contributed by atoms with van der Waals surface area (Å²) < 4.78 is 0. The Morgan fingerprint density at radius 3 is 1.75 bits per heavy atom. The normalized spacial score (nSPS) is 29.2. The zero-order valence-electron chi connectivity index (χ0n) is 6.99. The summed E-state index contributed by atoms with van der Waals surface area (Å²) in [4.78, 5) is 23.7. The van der Waals surface area contributed by atoms with Gasteiger partial charge in [-0.05, 0) is 0 Å². The first-order chi connectivity index (χ1) is 5.63. The van der Waals surface area contributed by atoms with Crippen molar-refractivity contribution in [2.24, 2.45) is 11.8 Å². The first-order valence-corrected chi connectivity index (χ1v) is 3.70. The number of hydrogen-bond acceptors (Lipinski definition) is 2. The van der Waals surface area contributed by atoms with E-state index in [1.54, 1.807) is 0 Å². The van der Waals surface area contributed by atoms with Crippen molar-refractivity contribution in [2.75, 3.05) is 7.05 Å². The van der Waals surface area contributed by atoms with Crippen LogP contribution in [0.15, 0.2) is 25.3 Å². The Labute approximate surface area is 71.4 Å². The van der Waals surface area contributed by atoms with Gasteiger partial charge in [0.1, 0.15) is 0 Å². The molecule has 0 unspecified atom stereocenters. The number of carbonyl (C=O) groups excluding carboxylic acids is 2. The van der Waals surface area contributed by atoms with Gasteiger partial charge in [0.15, 0.2) is 0 Å². The Balaban J connectivity index is 3.02. The van der Waals surface area contributed by atoms with Crippen molar-refractivity contribution in [2.45, 2.75) is 0 Å². The zero-order valence-corrected chi connectivity index (χ0v) is 6.99. The molecular weight excluding hydrogens is 154 g/mol. The van der Waals surface area contributed by atoms with E-state index in [0.29, 0.717) is 0 Å². The van der Waals surface area contributed by atoms with Crippen molar-refractivity contribution in [3.05, 3.63) is 25.3 Å². The van der Waals surface area contributed by atoms with Crippen LogP contribution in [0.1, 0.15) is 0 Å². The van der Waals surface area contributed by atoms with E-state index in [-0.39, 0.29) is 11.8 Å². The van der Waals surface area contributed by atoms with Crippen molar-refractivity contribution in [3.63, 3.8) is 0 Å². The molecule has 0 radical (unpaired) electrons. The third-order valence-corrected chi connectivity index (χ3v) is 2.13. The van der Waals surface area contributed by atoms with Crippen LogP contribution in [0.4, 0.5) is 0 Å². The largest absolute Gasteiger partial charge is 0.285 e. The highest BCUT2D eigenvalue weighted by Gasteiger charge is 2.42. The van der Waals surface area contributed by atoms with Crippen LogP contribution in [-0.2, 0) is 9.59 Å². The number of likely N-dealkylation sites (tertiary alicyclic amines) is 1. The number of imide groups is 1. The Morgan fingerprint density at radius 1 is 1.17 bits per heavy atom. The predicted molar refractivity (Wildman–Crippen MR) is 45.2 cm³/mol. The predicted octanol–water partition coefficient (Wildman–Crippen LogP) is 0.589. The second kappa shape index (κ2) is 2.93. The van der Waals surface area contributed by atoms with Gasteiger partial charge in [0.25, 0.3) is 0 Å². The molecule has 64 valence electrons. The Kier molecular flexibility index (Phi) is 2.13. The smallest absolute Gasteiger partial charge is 0.236 e. The highest BCUT2D eigenvalue weighted by atomic mass is 16.2. The molecule has 0 aromatic rings. The summed E-state index contributed by atoms with van der Waals surface area (Å²) in [6.07, 6.45) is 2.99. The maximum Gasteiger partial charge on any atom is 0.236 e. The van der Waals surface area contributed by atoms with Crippen molar-refractivity contribution in [1.29, 1.82) is 0 Å². The fraction of sp³-hybridized carbons (Fsp3) is 0.333. The summed E-state index contributed by atoms with van der Waals surface area (Å²) in [5.74, 6) is -1.22. The molecule has 0 saturated carbocycles. The molecule has 1 rings (SSSR count). The lowest BCUT2D eigenvalue weighted by Crippen LogP contribution is -2.25. The molecule has 3 heteroatoms. The van der Waals surface area contributed by atoms with E-state index in [2.05, 4.69) is 13.2 Å². The summed E-state index contributed by atoms with van der Waals surface area (Å²) in [7, 11) is 1.48. The Hall–Kier alpha value is -1.38. The van der Waals surface area contributed by atoms with E-state index in [9.17, 15) is 9.59 Å². The molecule has 1 fully saturated rings. The van der Waals surface area contributed by atoms with Gasteiger partial charge in [-0.3, -0.25) is 14.5 Å². The van der Waals surface area contributed by atoms with Crippen LogP contribution in [0.25, 0.3) is 0 Å². The van der Waals surface area contributed by atoms with Gasteiger partial charge in [-0.2, -0.15) is 0 Å². The van der Waals surface area contributed by atoms with Crippen molar-refractivity contribution in [1.82, 2.24) is 4.90 Å². The van der Waals surface area contributed by atoms with Gasteiger partial charge in [-0.25, -0.2) is 0 Å². The van der Waals surface area contributed by atoms with Crippen LogP contribution in [-0.4, -0.2) is 23.8 Å². The summed E-state index contributed by atoms with van der Waals surface area (Å²) >= 11 is 0. The minimum atomic E-state index is -0.417. The first kappa shape index (κ1) is 8.71. The van der Waals surface area contributed by atoms with E-state index >= 15 is 0 Å². The second-order valence-electron chi connectivity index (χ2n) is 2.76. The Bertz CT molecular complexity index is 231. The van der Waals surface area contributed by atoms with Crippen LogP contribution in [0.3, 0.4) is 0 Å². The van der Waals surface area contributed by atoms with Crippen LogP contribution in [0.5, 0.6) is 0 Å². The number of amides is 2. The SMILES string of the molecule is C=C[C@@H]1C(=O)N(C)C(=O)[C@@H]1C=C. The molecule has 1 aliphatic heterocycles. The fourth-order valence-corrected chi connectivity index (χ4v) is 1.36. The lowest BCUT2D eigenvalue weighted by Gasteiger charge is -2.03. The second-order valence-corrected chi connectivity index (χ2v) is 2.76. The zero-order chi connectivity index (χ0) is 9.30. The fourth-order valence-electron chi connectivity index (χ4n) is 1.36. The van der Waals surface area contributed by atoms with Gasteiger partial charge >= 0.3 is 0 Å². The monoisotopic (exact) mass is 165 g/mol. The van der Waals surface area contributed by atoms with Gasteiger partial charge in [0.05, 0.1) is 11.8 Å². The maximum atomic E-state index is 11.3. The molecule has 2 atom stereocenters. The van der Waals surface area contributed by atoms with Crippen molar-refractivity contribution >= 4 is 11.8 Å². The summed E-state index contributed by atoms with van der Waals surface area (Å²) in [6.45, 7) is 7.03. The van der Waals surface area contributed by atoms with Crippen LogP contribution in [0, 0.1) is 11.8 Å². The Morgan fingerprint density at radius 2 is 1.50 bits per heavy atom. The minimum absolute atomic E-state index is 0.195. The van der Waals surface area contributed by atoms with Crippen LogP contribution >= 0.6 is 0 Å². The molecular formula is C9H11NO2. The molecule has 0 N–H and O–H groups in total. The summed E-state index contributed by atoms with van der Waals surface area (Å²) in [5, 5.41) is 0. The van der Waals surface area contributed by atoms with Gasteiger partial charge in [-0.15, -0.1) is 13.2 Å². The molecule has 1 aliphatic rings.